The largest absolute Gasteiger partial charge is 0.481 e. The highest BCUT2D eigenvalue weighted by Crippen LogP contribution is 2.49. The summed E-state index contributed by atoms with van der Waals surface area (Å²) in [5.74, 6) is -2.28. The third-order valence-corrected chi connectivity index (χ3v) is 4.49. The van der Waals surface area contributed by atoms with Gasteiger partial charge < -0.3 is 10.4 Å². The van der Waals surface area contributed by atoms with Crippen molar-refractivity contribution in [2.24, 2.45) is 5.41 Å². The summed E-state index contributed by atoms with van der Waals surface area (Å²) in [5.41, 5.74) is -0.628. The monoisotopic (exact) mass is 263 g/mol. The van der Waals surface area contributed by atoms with Crippen molar-refractivity contribution >= 4 is 21.7 Å². The Kier molecular flexibility index (Phi) is 4.13. The van der Waals surface area contributed by atoms with Gasteiger partial charge in [0.2, 0.25) is 5.91 Å². The Labute approximate surface area is 100 Å². The quantitative estimate of drug-likeness (QED) is 0.662. The maximum Gasteiger partial charge on any atom is 0.303 e. The van der Waals surface area contributed by atoms with Crippen LogP contribution in [0.5, 0.6) is 0 Å². The van der Waals surface area contributed by atoms with Gasteiger partial charge in [0.05, 0.1) is 12.2 Å². The van der Waals surface area contributed by atoms with Crippen molar-refractivity contribution in [3.05, 3.63) is 0 Å². The Morgan fingerprint density at radius 1 is 1.35 bits per heavy atom. The molecule has 1 aliphatic rings. The second-order valence-electron chi connectivity index (χ2n) is 4.56. The summed E-state index contributed by atoms with van der Waals surface area (Å²) in [7, 11) is -3.52. The molecule has 1 rings (SSSR count). The Morgan fingerprint density at radius 3 is 2.35 bits per heavy atom. The Bertz CT molecular complexity index is 410. The summed E-state index contributed by atoms with van der Waals surface area (Å²) in [5, 5.41) is 11.1. The van der Waals surface area contributed by atoms with Crippen LogP contribution in [0.3, 0.4) is 0 Å². The Hall–Kier alpha value is -1.11. The minimum atomic E-state index is -3.52. The normalized spacial score (nSPS) is 17.5. The maximum atomic E-state index is 11.7. The number of carbonyl (C=O) groups excluding carboxylic acids is 1. The van der Waals surface area contributed by atoms with Crippen LogP contribution in [0.2, 0.25) is 0 Å². The number of hydrogen-bond acceptors (Lipinski definition) is 4. The zero-order chi connectivity index (χ0) is 13.1. The van der Waals surface area contributed by atoms with Crippen molar-refractivity contribution in [2.75, 3.05) is 18.1 Å². The number of carboxylic acids is 1. The van der Waals surface area contributed by atoms with E-state index in [0.29, 0.717) is 19.4 Å². The summed E-state index contributed by atoms with van der Waals surface area (Å²) in [6.45, 7) is 2.09. The van der Waals surface area contributed by atoms with E-state index in [0.717, 1.165) is 0 Å². The summed E-state index contributed by atoms with van der Waals surface area (Å²) in [6, 6.07) is 0. The van der Waals surface area contributed by atoms with E-state index in [1.54, 1.807) is 6.92 Å². The molecular formula is C10H17NO5S. The van der Waals surface area contributed by atoms with Gasteiger partial charge in [0, 0.05) is 6.54 Å². The molecule has 0 unspecified atom stereocenters. The first-order valence-electron chi connectivity index (χ1n) is 5.47. The highest BCUT2D eigenvalue weighted by atomic mass is 32.2. The summed E-state index contributed by atoms with van der Waals surface area (Å²) in [4.78, 5) is 21.8. The minimum Gasteiger partial charge on any atom is -0.481 e. The molecule has 0 spiro atoms. The fraction of sp³-hybridized carbons (Fsp3) is 0.800. The molecular weight excluding hydrogens is 246 g/mol. The molecule has 2 N–H and O–H groups in total. The van der Waals surface area contributed by atoms with Gasteiger partial charge in [0.15, 0.2) is 9.84 Å². The molecule has 1 fully saturated rings. The molecule has 1 aliphatic carbocycles. The highest BCUT2D eigenvalue weighted by Gasteiger charge is 2.47. The van der Waals surface area contributed by atoms with Crippen LogP contribution >= 0.6 is 0 Å². The standard InChI is InChI=1S/C10H17NO5S/c1-2-11-8(12)6-17(15,16)7-10(3-4-10)5-9(13)14/h2-7H2,1H3,(H,11,12)(H,13,14). The lowest BCUT2D eigenvalue weighted by atomic mass is 10.1. The third kappa shape index (κ3) is 4.72. The van der Waals surface area contributed by atoms with Crippen molar-refractivity contribution in [1.82, 2.24) is 5.32 Å². The van der Waals surface area contributed by atoms with Crippen LogP contribution in [0.25, 0.3) is 0 Å². The molecule has 0 saturated heterocycles. The highest BCUT2D eigenvalue weighted by molar-refractivity contribution is 7.92. The van der Waals surface area contributed by atoms with Gasteiger partial charge in [-0.1, -0.05) is 0 Å². The lowest BCUT2D eigenvalue weighted by Crippen LogP contribution is -2.33. The van der Waals surface area contributed by atoms with E-state index < -0.39 is 32.9 Å². The molecule has 17 heavy (non-hydrogen) atoms. The molecule has 1 amide bonds. The maximum absolute atomic E-state index is 11.7. The van der Waals surface area contributed by atoms with Gasteiger partial charge >= 0.3 is 5.97 Å². The zero-order valence-electron chi connectivity index (χ0n) is 9.73. The number of carbonyl (C=O) groups is 2. The molecule has 0 aromatic carbocycles. The number of amides is 1. The van der Waals surface area contributed by atoms with Crippen LogP contribution in [-0.4, -0.2) is 43.5 Å². The third-order valence-electron chi connectivity index (χ3n) is 2.73. The van der Waals surface area contributed by atoms with Gasteiger partial charge in [-0.15, -0.1) is 0 Å². The average molecular weight is 263 g/mol. The summed E-state index contributed by atoms with van der Waals surface area (Å²) < 4.78 is 23.4. The van der Waals surface area contributed by atoms with Gasteiger partial charge in [-0.2, -0.15) is 0 Å². The molecule has 0 aromatic heterocycles. The van der Waals surface area contributed by atoms with Gasteiger partial charge in [-0.05, 0) is 25.2 Å². The number of sulfone groups is 1. The number of carboxylic acid groups (broad SMARTS) is 1. The van der Waals surface area contributed by atoms with E-state index in [1.165, 1.54) is 0 Å². The van der Waals surface area contributed by atoms with E-state index in [9.17, 15) is 18.0 Å². The predicted octanol–water partition coefficient (Wildman–Crippen LogP) is -0.208. The number of aliphatic carboxylic acids is 1. The molecule has 0 atom stereocenters. The lowest BCUT2D eigenvalue weighted by molar-refractivity contribution is -0.138. The van der Waals surface area contributed by atoms with Crippen LogP contribution in [-0.2, 0) is 19.4 Å². The van der Waals surface area contributed by atoms with Crippen molar-refractivity contribution in [3.8, 4) is 0 Å². The molecule has 0 heterocycles. The van der Waals surface area contributed by atoms with Crippen LogP contribution in [0.15, 0.2) is 0 Å². The van der Waals surface area contributed by atoms with Crippen molar-refractivity contribution in [1.29, 1.82) is 0 Å². The van der Waals surface area contributed by atoms with Crippen molar-refractivity contribution in [2.45, 2.75) is 26.2 Å². The molecule has 0 radical (unpaired) electrons. The van der Waals surface area contributed by atoms with Crippen LogP contribution in [0.4, 0.5) is 0 Å². The second kappa shape index (κ2) is 5.03. The lowest BCUT2D eigenvalue weighted by Gasteiger charge is -2.12. The zero-order valence-corrected chi connectivity index (χ0v) is 10.5. The summed E-state index contributed by atoms with van der Waals surface area (Å²) in [6.07, 6.45) is 1.07. The molecule has 6 nitrogen and oxygen atoms in total. The fourth-order valence-electron chi connectivity index (χ4n) is 1.84. The van der Waals surface area contributed by atoms with Crippen LogP contribution < -0.4 is 5.32 Å². The van der Waals surface area contributed by atoms with E-state index in [4.69, 9.17) is 5.11 Å². The number of hydrogen-bond donors (Lipinski definition) is 2. The van der Waals surface area contributed by atoms with E-state index in [1.807, 2.05) is 0 Å². The first-order valence-corrected chi connectivity index (χ1v) is 7.30. The molecule has 1 saturated carbocycles. The van der Waals surface area contributed by atoms with Crippen LogP contribution in [0.1, 0.15) is 26.2 Å². The van der Waals surface area contributed by atoms with Gasteiger partial charge in [-0.25, -0.2) is 8.42 Å². The number of nitrogens with one attached hydrogen (secondary N) is 1. The van der Waals surface area contributed by atoms with Gasteiger partial charge in [0.25, 0.3) is 0 Å². The van der Waals surface area contributed by atoms with Crippen molar-refractivity contribution < 1.29 is 23.1 Å². The Morgan fingerprint density at radius 2 is 1.94 bits per heavy atom. The summed E-state index contributed by atoms with van der Waals surface area (Å²) >= 11 is 0. The Balaban J connectivity index is 2.55. The number of rotatable bonds is 7. The average Bonchev–Trinajstić information content (AvgIpc) is 2.80. The molecule has 0 bridgehead atoms. The van der Waals surface area contributed by atoms with Crippen LogP contribution in [0, 0.1) is 5.41 Å². The van der Waals surface area contributed by atoms with E-state index in [-0.39, 0.29) is 12.2 Å². The molecule has 0 aliphatic heterocycles. The van der Waals surface area contributed by atoms with Gasteiger partial charge in [0.1, 0.15) is 5.75 Å². The minimum absolute atomic E-state index is 0.137. The molecule has 0 aromatic rings. The first-order chi connectivity index (χ1) is 7.79. The molecule has 7 heteroatoms. The van der Waals surface area contributed by atoms with Crippen molar-refractivity contribution in [3.63, 3.8) is 0 Å². The SMILES string of the molecule is CCNC(=O)CS(=O)(=O)CC1(CC(=O)O)CC1. The van der Waals surface area contributed by atoms with Gasteiger partial charge in [-0.3, -0.25) is 9.59 Å². The van der Waals surface area contributed by atoms with E-state index >= 15 is 0 Å². The smallest absolute Gasteiger partial charge is 0.303 e. The first kappa shape index (κ1) is 14.0. The van der Waals surface area contributed by atoms with E-state index in [2.05, 4.69) is 5.32 Å². The fourth-order valence-corrected chi connectivity index (χ4v) is 3.76. The topological polar surface area (TPSA) is 101 Å². The second-order valence-corrected chi connectivity index (χ2v) is 6.62. The molecule has 98 valence electrons. The predicted molar refractivity (Wildman–Crippen MR) is 61.3 cm³/mol.